The van der Waals surface area contributed by atoms with Crippen molar-refractivity contribution >= 4 is 17.1 Å². The molecule has 0 unspecified atom stereocenters. The first-order chi connectivity index (χ1) is 7.18. The highest BCUT2D eigenvalue weighted by Crippen LogP contribution is 2.13. The number of aryl methyl sites for hydroxylation is 2. The van der Waals surface area contributed by atoms with Gasteiger partial charge >= 0.3 is 0 Å². The Morgan fingerprint density at radius 1 is 1.33 bits per heavy atom. The fourth-order valence-electron chi connectivity index (χ4n) is 1.29. The summed E-state index contributed by atoms with van der Waals surface area (Å²) in [6.45, 7) is 3.97. The first-order valence-electron chi connectivity index (χ1n) is 4.68. The van der Waals surface area contributed by atoms with E-state index in [1.54, 1.807) is 6.20 Å². The number of hydrogen-bond donors (Lipinski definition) is 0. The van der Waals surface area contributed by atoms with Gasteiger partial charge in [0.2, 0.25) is 5.78 Å². The van der Waals surface area contributed by atoms with Crippen molar-refractivity contribution in [1.29, 1.82) is 0 Å². The SMILES string of the molecule is Cc1cnc(C(=O)c2ccsc2)cc1C. The highest BCUT2D eigenvalue weighted by molar-refractivity contribution is 7.08. The fourth-order valence-corrected chi connectivity index (χ4v) is 1.93. The number of thiophene rings is 1. The molecule has 15 heavy (non-hydrogen) atoms. The van der Waals surface area contributed by atoms with Crippen LogP contribution in [0.1, 0.15) is 27.2 Å². The first kappa shape index (κ1) is 10.1. The van der Waals surface area contributed by atoms with Gasteiger partial charge in [-0.2, -0.15) is 11.3 Å². The number of rotatable bonds is 2. The van der Waals surface area contributed by atoms with Crippen LogP contribution in [-0.4, -0.2) is 10.8 Å². The number of aromatic nitrogens is 1. The lowest BCUT2D eigenvalue weighted by Crippen LogP contribution is -2.03. The Labute approximate surface area is 92.6 Å². The van der Waals surface area contributed by atoms with Gasteiger partial charge in [0, 0.05) is 17.1 Å². The average molecular weight is 217 g/mol. The van der Waals surface area contributed by atoms with E-state index in [0.29, 0.717) is 5.69 Å². The van der Waals surface area contributed by atoms with Gasteiger partial charge in [-0.3, -0.25) is 9.78 Å². The van der Waals surface area contributed by atoms with Crippen molar-refractivity contribution in [3.8, 4) is 0 Å². The van der Waals surface area contributed by atoms with E-state index >= 15 is 0 Å². The van der Waals surface area contributed by atoms with E-state index in [1.807, 2.05) is 36.7 Å². The lowest BCUT2D eigenvalue weighted by molar-refractivity contribution is 0.103. The second kappa shape index (κ2) is 3.95. The lowest BCUT2D eigenvalue weighted by atomic mass is 10.1. The Hall–Kier alpha value is -1.48. The van der Waals surface area contributed by atoms with Crippen molar-refractivity contribution in [2.45, 2.75) is 13.8 Å². The Morgan fingerprint density at radius 2 is 2.13 bits per heavy atom. The van der Waals surface area contributed by atoms with Gasteiger partial charge in [-0.25, -0.2) is 0 Å². The van der Waals surface area contributed by atoms with Crippen LogP contribution in [0.4, 0.5) is 0 Å². The highest BCUT2D eigenvalue weighted by atomic mass is 32.1. The van der Waals surface area contributed by atoms with Gasteiger partial charge in [0.15, 0.2) is 0 Å². The largest absolute Gasteiger partial charge is 0.287 e. The molecule has 2 aromatic rings. The van der Waals surface area contributed by atoms with Crippen molar-refractivity contribution < 1.29 is 4.79 Å². The summed E-state index contributed by atoms with van der Waals surface area (Å²) in [4.78, 5) is 16.1. The summed E-state index contributed by atoms with van der Waals surface area (Å²) in [5.74, 6) is -0.000602. The van der Waals surface area contributed by atoms with Crippen LogP contribution in [0.2, 0.25) is 0 Å². The molecule has 0 aliphatic carbocycles. The molecule has 2 nitrogen and oxygen atoms in total. The Kier molecular flexibility index (Phi) is 2.64. The second-order valence-electron chi connectivity index (χ2n) is 3.49. The van der Waals surface area contributed by atoms with Crippen LogP contribution in [0.3, 0.4) is 0 Å². The number of pyridine rings is 1. The van der Waals surface area contributed by atoms with Gasteiger partial charge in [-0.05, 0) is 42.5 Å². The van der Waals surface area contributed by atoms with Crippen LogP contribution in [-0.2, 0) is 0 Å². The molecule has 0 bridgehead atoms. The van der Waals surface area contributed by atoms with Crippen LogP contribution < -0.4 is 0 Å². The molecule has 2 rings (SSSR count). The Morgan fingerprint density at radius 3 is 2.73 bits per heavy atom. The number of ketones is 1. The number of nitrogens with zero attached hydrogens (tertiary/aromatic N) is 1. The van der Waals surface area contributed by atoms with Crippen LogP contribution in [0.25, 0.3) is 0 Å². The molecule has 0 N–H and O–H groups in total. The summed E-state index contributed by atoms with van der Waals surface area (Å²) >= 11 is 1.52. The van der Waals surface area contributed by atoms with Crippen LogP contribution in [0.5, 0.6) is 0 Å². The van der Waals surface area contributed by atoms with E-state index < -0.39 is 0 Å². The molecular weight excluding hydrogens is 206 g/mol. The molecule has 0 amide bonds. The molecule has 0 saturated heterocycles. The molecule has 3 heteroatoms. The molecular formula is C12H11NOS. The van der Waals surface area contributed by atoms with Crippen molar-refractivity contribution in [2.24, 2.45) is 0 Å². The van der Waals surface area contributed by atoms with Gasteiger partial charge in [0.05, 0.1) is 0 Å². The standard InChI is InChI=1S/C12H11NOS/c1-8-5-11(13-6-9(8)2)12(14)10-3-4-15-7-10/h3-7H,1-2H3. The minimum absolute atomic E-state index is 0.000602. The zero-order chi connectivity index (χ0) is 10.8. The average Bonchev–Trinajstić information content (AvgIpc) is 2.74. The van der Waals surface area contributed by atoms with Gasteiger partial charge in [-0.1, -0.05) is 0 Å². The highest BCUT2D eigenvalue weighted by Gasteiger charge is 2.11. The zero-order valence-electron chi connectivity index (χ0n) is 8.65. The van der Waals surface area contributed by atoms with Crippen molar-refractivity contribution in [3.63, 3.8) is 0 Å². The summed E-state index contributed by atoms with van der Waals surface area (Å²) in [7, 11) is 0. The summed E-state index contributed by atoms with van der Waals surface area (Å²) in [6.07, 6.45) is 1.74. The molecule has 0 spiro atoms. The van der Waals surface area contributed by atoms with Crippen LogP contribution in [0.15, 0.2) is 29.1 Å². The third kappa shape index (κ3) is 1.97. The molecule has 0 aromatic carbocycles. The van der Waals surface area contributed by atoms with E-state index in [0.717, 1.165) is 16.7 Å². The van der Waals surface area contributed by atoms with E-state index in [2.05, 4.69) is 4.98 Å². The fraction of sp³-hybridized carbons (Fsp3) is 0.167. The van der Waals surface area contributed by atoms with E-state index in [1.165, 1.54) is 11.3 Å². The number of carbonyl (C=O) groups excluding carboxylic acids is 1. The van der Waals surface area contributed by atoms with E-state index in [9.17, 15) is 4.79 Å². The summed E-state index contributed by atoms with van der Waals surface area (Å²) in [5.41, 5.74) is 3.45. The normalized spacial score (nSPS) is 10.3. The molecule has 2 aromatic heterocycles. The minimum Gasteiger partial charge on any atom is -0.287 e. The quantitative estimate of drug-likeness (QED) is 0.724. The molecule has 76 valence electrons. The van der Waals surface area contributed by atoms with Gasteiger partial charge in [-0.15, -0.1) is 0 Å². The smallest absolute Gasteiger partial charge is 0.212 e. The molecule has 0 radical (unpaired) electrons. The monoisotopic (exact) mass is 217 g/mol. The molecule has 2 heterocycles. The van der Waals surface area contributed by atoms with Crippen LogP contribution in [0, 0.1) is 13.8 Å². The van der Waals surface area contributed by atoms with E-state index in [-0.39, 0.29) is 5.78 Å². The summed E-state index contributed by atoms with van der Waals surface area (Å²) < 4.78 is 0. The Bertz CT molecular complexity index is 488. The maximum absolute atomic E-state index is 11.9. The predicted octanol–water partition coefficient (Wildman–Crippen LogP) is 2.99. The molecule has 0 aliphatic rings. The topological polar surface area (TPSA) is 30.0 Å². The Balaban J connectivity index is 2.39. The van der Waals surface area contributed by atoms with Crippen molar-refractivity contribution in [1.82, 2.24) is 4.98 Å². The third-order valence-corrected chi connectivity index (χ3v) is 3.07. The van der Waals surface area contributed by atoms with E-state index in [4.69, 9.17) is 0 Å². The number of carbonyl (C=O) groups is 1. The lowest BCUT2D eigenvalue weighted by Gasteiger charge is -2.02. The zero-order valence-corrected chi connectivity index (χ0v) is 9.47. The van der Waals surface area contributed by atoms with Gasteiger partial charge in [0.1, 0.15) is 5.69 Å². The molecule has 0 saturated carbocycles. The van der Waals surface area contributed by atoms with Gasteiger partial charge in [0.25, 0.3) is 0 Å². The van der Waals surface area contributed by atoms with Crippen molar-refractivity contribution in [2.75, 3.05) is 0 Å². The predicted molar refractivity (Wildman–Crippen MR) is 61.5 cm³/mol. The molecule has 0 atom stereocenters. The van der Waals surface area contributed by atoms with Crippen molar-refractivity contribution in [3.05, 3.63) is 51.5 Å². The van der Waals surface area contributed by atoms with Gasteiger partial charge < -0.3 is 0 Å². The maximum atomic E-state index is 11.9. The first-order valence-corrected chi connectivity index (χ1v) is 5.63. The third-order valence-electron chi connectivity index (χ3n) is 2.39. The second-order valence-corrected chi connectivity index (χ2v) is 4.27. The van der Waals surface area contributed by atoms with Crippen LogP contribution >= 0.6 is 11.3 Å². The molecule has 0 fully saturated rings. The summed E-state index contributed by atoms with van der Waals surface area (Å²) in [6, 6.07) is 3.67. The minimum atomic E-state index is -0.000602. The molecule has 0 aliphatic heterocycles. The number of hydrogen-bond acceptors (Lipinski definition) is 3. The maximum Gasteiger partial charge on any atom is 0.212 e. The summed E-state index contributed by atoms with van der Waals surface area (Å²) in [5, 5.41) is 3.74.